The third-order valence-corrected chi connectivity index (χ3v) is 2.80. The zero-order chi connectivity index (χ0) is 13.2. The summed E-state index contributed by atoms with van der Waals surface area (Å²) in [7, 11) is 0. The van der Waals surface area contributed by atoms with Crippen LogP contribution in [0.25, 0.3) is 0 Å². The normalized spacial score (nSPS) is 26.4. The number of nitrogens with zero attached hydrogens (tertiary/aromatic N) is 1. The van der Waals surface area contributed by atoms with Gasteiger partial charge in [-0.2, -0.15) is 0 Å². The highest BCUT2D eigenvalue weighted by Crippen LogP contribution is 2.37. The van der Waals surface area contributed by atoms with Gasteiger partial charge in [-0.1, -0.05) is 0 Å². The Labute approximate surface area is 98.2 Å². The van der Waals surface area contributed by atoms with Crippen LogP contribution in [0, 0.1) is 22.0 Å². The molecule has 0 spiro atoms. The number of carbonyl (C=O) groups excluding carboxylic acids is 2. The van der Waals surface area contributed by atoms with Crippen molar-refractivity contribution in [2.24, 2.45) is 11.8 Å². The van der Waals surface area contributed by atoms with E-state index in [0.717, 1.165) is 0 Å². The van der Waals surface area contributed by atoms with Crippen molar-refractivity contribution < 1.29 is 24.0 Å². The number of hydrogen-bond donors (Lipinski definition) is 0. The lowest BCUT2D eigenvalue weighted by Gasteiger charge is -2.22. The topological polar surface area (TPSA) is 95.7 Å². The van der Waals surface area contributed by atoms with Crippen LogP contribution in [-0.4, -0.2) is 35.6 Å². The first-order chi connectivity index (χ1) is 7.79. The van der Waals surface area contributed by atoms with Crippen LogP contribution in [0.2, 0.25) is 0 Å². The summed E-state index contributed by atoms with van der Waals surface area (Å²) in [6, 6.07) is 0. The number of ether oxygens (including phenoxy) is 2. The fraction of sp³-hybridized carbons (Fsp3) is 0.800. The molecule has 7 nitrogen and oxygen atoms in total. The minimum atomic E-state index is -1.20. The van der Waals surface area contributed by atoms with E-state index in [9.17, 15) is 19.7 Å². The van der Waals surface area contributed by atoms with Crippen molar-refractivity contribution in [1.82, 2.24) is 0 Å². The Morgan fingerprint density at radius 2 is 2.18 bits per heavy atom. The Kier molecular flexibility index (Phi) is 3.69. The second kappa shape index (κ2) is 4.68. The van der Waals surface area contributed by atoms with Crippen LogP contribution >= 0.6 is 0 Å². The molecule has 0 aliphatic carbocycles. The zero-order valence-electron chi connectivity index (χ0n) is 9.97. The summed E-state index contributed by atoms with van der Waals surface area (Å²) in [6.07, 6.45) is 0. The summed E-state index contributed by atoms with van der Waals surface area (Å²) in [6.45, 7) is 4.33. The highest BCUT2D eigenvalue weighted by atomic mass is 16.6. The van der Waals surface area contributed by atoms with Crippen LogP contribution in [0.1, 0.15) is 20.8 Å². The van der Waals surface area contributed by atoms with Crippen molar-refractivity contribution in [3.05, 3.63) is 10.1 Å². The number of esters is 2. The Morgan fingerprint density at radius 1 is 1.59 bits per heavy atom. The van der Waals surface area contributed by atoms with Gasteiger partial charge < -0.3 is 9.47 Å². The van der Waals surface area contributed by atoms with E-state index in [4.69, 9.17) is 9.47 Å². The van der Waals surface area contributed by atoms with Crippen molar-refractivity contribution in [2.45, 2.75) is 26.4 Å². The van der Waals surface area contributed by atoms with Gasteiger partial charge in [0.05, 0.1) is 12.5 Å². The summed E-state index contributed by atoms with van der Waals surface area (Å²) < 4.78 is 9.74. The van der Waals surface area contributed by atoms with Crippen LogP contribution in [0.4, 0.5) is 0 Å². The second-order valence-corrected chi connectivity index (χ2v) is 4.38. The summed E-state index contributed by atoms with van der Waals surface area (Å²) in [5.74, 6) is -3.50. The molecule has 0 aromatic carbocycles. The van der Waals surface area contributed by atoms with Gasteiger partial charge in [0.15, 0.2) is 5.92 Å². The molecule has 0 aromatic heterocycles. The molecule has 1 saturated heterocycles. The molecule has 17 heavy (non-hydrogen) atoms. The lowest BCUT2D eigenvalue weighted by atomic mass is 9.83. The van der Waals surface area contributed by atoms with Crippen molar-refractivity contribution >= 4 is 11.9 Å². The molecule has 1 rings (SSSR count). The van der Waals surface area contributed by atoms with Gasteiger partial charge in [-0.05, 0) is 20.8 Å². The Balaban J connectivity index is 2.95. The number of rotatable bonds is 4. The molecule has 1 fully saturated rings. The molecule has 1 heterocycles. The molecule has 2 atom stereocenters. The van der Waals surface area contributed by atoms with Crippen LogP contribution in [0.5, 0.6) is 0 Å². The number of nitro groups is 1. The number of carbonyl (C=O) groups is 2. The molecule has 0 amide bonds. The molecule has 0 bridgehead atoms. The number of hydrogen-bond acceptors (Lipinski definition) is 6. The van der Waals surface area contributed by atoms with Crippen LogP contribution in [0.15, 0.2) is 0 Å². The van der Waals surface area contributed by atoms with E-state index in [-0.39, 0.29) is 6.61 Å². The lowest BCUT2D eigenvalue weighted by molar-refractivity contribution is -0.491. The molecule has 0 radical (unpaired) electrons. The largest absolute Gasteiger partial charge is 0.465 e. The first kappa shape index (κ1) is 13.4. The van der Waals surface area contributed by atoms with Gasteiger partial charge in [-0.3, -0.25) is 19.7 Å². The van der Waals surface area contributed by atoms with Gasteiger partial charge >= 0.3 is 11.9 Å². The molecule has 1 aliphatic rings. The first-order valence-electron chi connectivity index (χ1n) is 5.31. The Bertz CT molecular complexity index is 351. The molecule has 0 aromatic rings. The van der Waals surface area contributed by atoms with Gasteiger partial charge in [0.25, 0.3) is 0 Å². The molecule has 0 N–H and O–H groups in total. The van der Waals surface area contributed by atoms with Gasteiger partial charge in [0, 0.05) is 4.92 Å². The maximum atomic E-state index is 11.6. The fourth-order valence-electron chi connectivity index (χ4n) is 1.94. The van der Waals surface area contributed by atoms with Crippen molar-refractivity contribution in [3.8, 4) is 0 Å². The molecule has 0 unspecified atom stereocenters. The average Bonchev–Trinajstić information content (AvgIpc) is 2.36. The van der Waals surface area contributed by atoms with E-state index in [1.54, 1.807) is 20.8 Å². The molecule has 0 saturated carbocycles. The maximum Gasteiger partial charge on any atom is 0.321 e. The Morgan fingerprint density at radius 3 is 2.65 bits per heavy atom. The minimum Gasteiger partial charge on any atom is -0.465 e. The summed E-state index contributed by atoms with van der Waals surface area (Å²) in [5.41, 5.74) is -1.03. The maximum absolute atomic E-state index is 11.6. The van der Waals surface area contributed by atoms with E-state index in [1.165, 1.54) is 0 Å². The highest BCUT2D eigenvalue weighted by molar-refractivity contribution is 5.97. The summed E-state index contributed by atoms with van der Waals surface area (Å²) >= 11 is 0. The van der Waals surface area contributed by atoms with Gasteiger partial charge in [0.2, 0.25) is 6.54 Å². The summed E-state index contributed by atoms with van der Waals surface area (Å²) in [5, 5.41) is 10.6. The third kappa shape index (κ3) is 2.72. The average molecular weight is 245 g/mol. The zero-order valence-corrected chi connectivity index (χ0v) is 9.97. The molecule has 96 valence electrons. The van der Waals surface area contributed by atoms with Crippen LogP contribution in [-0.2, 0) is 19.1 Å². The van der Waals surface area contributed by atoms with E-state index in [1.807, 2.05) is 0 Å². The first-order valence-corrected chi connectivity index (χ1v) is 5.31. The van der Waals surface area contributed by atoms with Crippen molar-refractivity contribution in [2.75, 3.05) is 13.2 Å². The van der Waals surface area contributed by atoms with E-state index < -0.39 is 40.8 Å². The number of cyclic esters (lactones) is 1. The molecular formula is C10H15NO6. The molecule has 7 heteroatoms. The quantitative estimate of drug-likeness (QED) is 0.308. The predicted octanol–water partition coefficient (Wildman–Crippen LogP) is 0.394. The minimum absolute atomic E-state index is 0.119. The third-order valence-electron chi connectivity index (χ3n) is 2.80. The van der Waals surface area contributed by atoms with Gasteiger partial charge in [-0.15, -0.1) is 0 Å². The highest BCUT2D eigenvalue weighted by Gasteiger charge is 2.56. The summed E-state index contributed by atoms with van der Waals surface area (Å²) in [4.78, 5) is 33.1. The molecule has 1 aliphatic heterocycles. The predicted molar refractivity (Wildman–Crippen MR) is 55.6 cm³/mol. The molecular weight excluding hydrogens is 230 g/mol. The van der Waals surface area contributed by atoms with Gasteiger partial charge in [0.1, 0.15) is 5.60 Å². The van der Waals surface area contributed by atoms with Crippen LogP contribution < -0.4 is 0 Å². The monoisotopic (exact) mass is 245 g/mol. The van der Waals surface area contributed by atoms with E-state index >= 15 is 0 Å². The lowest BCUT2D eigenvalue weighted by Crippen LogP contribution is -2.38. The Hall–Kier alpha value is -1.66. The van der Waals surface area contributed by atoms with Gasteiger partial charge in [-0.25, -0.2) is 0 Å². The van der Waals surface area contributed by atoms with Crippen molar-refractivity contribution in [1.29, 1.82) is 0 Å². The second-order valence-electron chi connectivity index (χ2n) is 4.38. The smallest absolute Gasteiger partial charge is 0.321 e. The van der Waals surface area contributed by atoms with Crippen LogP contribution in [0.3, 0.4) is 0 Å². The van der Waals surface area contributed by atoms with Crippen molar-refractivity contribution in [3.63, 3.8) is 0 Å². The standard InChI is InChI=1S/C10H15NO6/c1-4-16-8(12)7-6(5-11(14)15)10(2,3)17-9(7)13/h6-7H,4-5H2,1-3H3/t6-,7+/m1/s1. The SMILES string of the molecule is CCOC(=O)[C@H]1C(=O)OC(C)(C)[C@@H]1C[N+](=O)[O-]. The van der Waals surface area contributed by atoms with E-state index in [0.29, 0.717) is 0 Å². The fourth-order valence-corrected chi connectivity index (χ4v) is 1.94. The van der Waals surface area contributed by atoms with E-state index in [2.05, 4.69) is 0 Å².